The maximum absolute atomic E-state index is 11.8. The Labute approximate surface area is 147 Å². The second-order valence-corrected chi connectivity index (χ2v) is 5.81. The van der Waals surface area contributed by atoms with Crippen LogP contribution in [0.15, 0.2) is 59.0 Å². The minimum atomic E-state index is -0.166. The number of carbonyl (C=O) groups is 1. The number of benzene rings is 2. The van der Waals surface area contributed by atoms with E-state index in [0.717, 1.165) is 40.9 Å². The van der Waals surface area contributed by atoms with Crippen molar-refractivity contribution in [1.29, 1.82) is 0 Å². The molecule has 0 saturated carbocycles. The number of rotatable bonds is 7. The second kappa shape index (κ2) is 8.24. The van der Waals surface area contributed by atoms with Crippen molar-refractivity contribution in [2.45, 2.75) is 19.4 Å². The van der Waals surface area contributed by atoms with Crippen LogP contribution in [-0.4, -0.2) is 19.7 Å². The van der Waals surface area contributed by atoms with Gasteiger partial charge in [-0.05, 0) is 36.2 Å². The van der Waals surface area contributed by atoms with Crippen molar-refractivity contribution in [3.8, 4) is 5.75 Å². The molecule has 0 unspecified atom stereocenters. The summed E-state index contributed by atoms with van der Waals surface area (Å²) in [6.07, 6.45) is 1.63. The number of aryl methyl sites for hydroxylation is 1. The van der Waals surface area contributed by atoms with Crippen LogP contribution in [0, 0.1) is 0 Å². The summed E-state index contributed by atoms with van der Waals surface area (Å²) in [6, 6.07) is 17.5. The molecule has 0 bridgehead atoms. The molecule has 25 heavy (non-hydrogen) atoms. The van der Waals surface area contributed by atoms with Gasteiger partial charge >= 0.3 is 6.03 Å². The lowest BCUT2D eigenvalue weighted by Crippen LogP contribution is -2.35. The number of hydrogen-bond donors (Lipinski definition) is 2. The molecule has 5 heteroatoms. The van der Waals surface area contributed by atoms with E-state index in [1.807, 2.05) is 48.5 Å². The molecule has 5 nitrogen and oxygen atoms in total. The number of hydrogen-bond acceptors (Lipinski definition) is 3. The fourth-order valence-corrected chi connectivity index (χ4v) is 2.61. The summed E-state index contributed by atoms with van der Waals surface area (Å²) in [5.74, 6) is 1.75. The number of fused-ring (bicyclic) bond motifs is 1. The van der Waals surface area contributed by atoms with Gasteiger partial charge in [0.2, 0.25) is 0 Å². The minimum absolute atomic E-state index is 0.166. The van der Waals surface area contributed by atoms with Gasteiger partial charge in [0.25, 0.3) is 0 Å². The standard InChI is InChI=1S/C20H22N2O3/c1-24-17-10-8-15(9-11-17)14-22-20(23)21-12-4-6-18-13-16-5-2-3-7-19(16)25-18/h2-3,5,7-11,13H,4,6,12,14H2,1H3,(H2,21,22,23). The number of urea groups is 1. The van der Waals surface area contributed by atoms with Crippen molar-refractivity contribution < 1.29 is 13.9 Å². The maximum atomic E-state index is 11.8. The van der Waals surface area contributed by atoms with Crippen LogP contribution in [0.4, 0.5) is 4.79 Å². The zero-order valence-electron chi connectivity index (χ0n) is 14.2. The molecule has 2 amide bonds. The Balaban J connectivity index is 1.36. The molecule has 0 saturated heterocycles. The highest BCUT2D eigenvalue weighted by Gasteiger charge is 2.04. The largest absolute Gasteiger partial charge is 0.497 e. The quantitative estimate of drug-likeness (QED) is 0.643. The average molecular weight is 338 g/mol. The zero-order chi connectivity index (χ0) is 17.5. The Morgan fingerprint density at radius 3 is 2.64 bits per heavy atom. The van der Waals surface area contributed by atoms with Gasteiger partial charge in [-0.3, -0.25) is 0 Å². The topological polar surface area (TPSA) is 63.5 Å². The van der Waals surface area contributed by atoms with Crippen LogP contribution in [0.25, 0.3) is 11.0 Å². The van der Waals surface area contributed by atoms with Crippen LogP contribution in [0.2, 0.25) is 0 Å². The Morgan fingerprint density at radius 2 is 1.88 bits per heavy atom. The molecule has 2 aromatic carbocycles. The van der Waals surface area contributed by atoms with E-state index in [0.29, 0.717) is 13.1 Å². The molecule has 0 spiro atoms. The second-order valence-electron chi connectivity index (χ2n) is 5.81. The SMILES string of the molecule is COc1ccc(CNC(=O)NCCCc2cc3ccccc3o2)cc1. The highest BCUT2D eigenvalue weighted by molar-refractivity contribution is 5.77. The van der Waals surface area contributed by atoms with Gasteiger partial charge in [-0.1, -0.05) is 30.3 Å². The molecule has 0 aliphatic carbocycles. The summed E-state index contributed by atoms with van der Waals surface area (Å²) in [6.45, 7) is 1.09. The maximum Gasteiger partial charge on any atom is 0.315 e. The molecule has 1 heterocycles. The van der Waals surface area contributed by atoms with Gasteiger partial charge in [-0.2, -0.15) is 0 Å². The Hall–Kier alpha value is -2.95. The van der Waals surface area contributed by atoms with E-state index in [2.05, 4.69) is 16.7 Å². The molecule has 0 fully saturated rings. The van der Waals surface area contributed by atoms with Gasteiger partial charge in [0.05, 0.1) is 7.11 Å². The van der Waals surface area contributed by atoms with Crippen molar-refractivity contribution in [2.75, 3.05) is 13.7 Å². The molecule has 130 valence electrons. The monoisotopic (exact) mass is 338 g/mol. The van der Waals surface area contributed by atoms with E-state index >= 15 is 0 Å². The van der Waals surface area contributed by atoms with Crippen molar-refractivity contribution in [3.63, 3.8) is 0 Å². The average Bonchev–Trinajstić information content (AvgIpc) is 3.07. The summed E-state index contributed by atoms with van der Waals surface area (Å²) >= 11 is 0. The van der Waals surface area contributed by atoms with E-state index in [1.165, 1.54) is 0 Å². The van der Waals surface area contributed by atoms with Gasteiger partial charge in [-0.25, -0.2) is 4.79 Å². The van der Waals surface area contributed by atoms with Crippen LogP contribution in [-0.2, 0) is 13.0 Å². The van der Waals surface area contributed by atoms with E-state index in [9.17, 15) is 4.79 Å². The van der Waals surface area contributed by atoms with Crippen molar-refractivity contribution in [1.82, 2.24) is 10.6 Å². The van der Waals surface area contributed by atoms with E-state index < -0.39 is 0 Å². The lowest BCUT2D eigenvalue weighted by Gasteiger charge is -2.08. The van der Waals surface area contributed by atoms with E-state index in [-0.39, 0.29) is 6.03 Å². The van der Waals surface area contributed by atoms with Crippen LogP contribution < -0.4 is 15.4 Å². The molecular formula is C20H22N2O3. The molecule has 0 aliphatic rings. The summed E-state index contributed by atoms with van der Waals surface area (Å²) in [4.78, 5) is 11.8. The smallest absolute Gasteiger partial charge is 0.315 e. The zero-order valence-corrected chi connectivity index (χ0v) is 14.2. The molecule has 0 radical (unpaired) electrons. The number of methoxy groups -OCH3 is 1. The fraction of sp³-hybridized carbons (Fsp3) is 0.250. The molecule has 1 aromatic heterocycles. The van der Waals surface area contributed by atoms with Crippen LogP contribution in [0.1, 0.15) is 17.7 Å². The Bertz CT molecular complexity index is 791. The molecule has 0 aliphatic heterocycles. The molecule has 2 N–H and O–H groups in total. The number of carbonyl (C=O) groups excluding carboxylic acids is 1. The fourth-order valence-electron chi connectivity index (χ4n) is 2.61. The highest BCUT2D eigenvalue weighted by atomic mass is 16.5. The first-order valence-electron chi connectivity index (χ1n) is 8.37. The molecule has 3 aromatic rings. The van der Waals surface area contributed by atoms with Gasteiger partial charge < -0.3 is 19.8 Å². The Morgan fingerprint density at radius 1 is 1.08 bits per heavy atom. The molecular weight excluding hydrogens is 316 g/mol. The number of nitrogens with one attached hydrogen (secondary N) is 2. The predicted octanol–water partition coefficient (Wildman–Crippen LogP) is 3.87. The van der Waals surface area contributed by atoms with Gasteiger partial charge in [0.15, 0.2) is 0 Å². The Kier molecular flexibility index (Phi) is 5.57. The normalized spacial score (nSPS) is 10.6. The third-order valence-electron chi connectivity index (χ3n) is 3.97. The number of amides is 2. The van der Waals surface area contributed by atoms with Crippen molar-refractivity contribution >= 4 is 17.0 Å². The third kappa shape index (κ3) is 4.76. The van der Waals surface area contributed by atoms with Crippen LogP contribution in [0.3, 0.4) is 0 Å². The van der Waals surface area contributed by atoms with Crippen LogP contribution in [0.5, 0.6) is 5.75 Å². The van der Waals surface area contributed by atoms with Gasteiger partial charge in [-0.15, -0.1) is 0 Å². The first-order chi connectivity index (χ1) is 12.2. The van der Waals surface area contributed by atoms with Crippen molar-refractivity contribution in [2.24, 2.45) is 0 Å². The molecule has 0 atom stereocenters. The summed E-state index contributed by atoms with van der Waals surface area (Å²) in [5.41, 5.74) is 1.93. The lowest BCUT2D eigenvalue weighted by molar-refractivity contribution is 0.240. The first-order valence-corrected chi connectivity index (χ1v) is 8.37. The summed E-state index contributed by atoms with van der Waals surface area (Å²) in [5, 5.41) is 6.82. The minimum Gasteiger partial charge on any atom is -0.497 e. The first kappa shape index (κ1) is 16.9. The van der Waals surface area contributed by atoms with E-state index in [1.54, 1.807) is 7.11 Å². The number of furan rings is 1. The third-order valence-corrected chi connectivity index (χ3v) is 3.97. The summed E-state index contributed by atoms with van der Waals surface area (Å²) < 4.78 is 10.9. The lowest BCUT2D eigenvalue weighted by atomic mass is 10.2. The van der Waals surface area contributed by atoms with E-state index in [4.69, 9.17) is 9.15 Å². The van der Waals surface area contributed by atoms with Crippen molar-refractivity contribution in [3.05, 3.63) is 65.9 Å². The van der Waals surface area contributed by atoms with Gasteiger partial charge in [0.1, 0.15) is 17.1 Å². The molecule has 3 rings (SSSR count). The predicted molar refractivity (Wildman–Crippen MR) is 97.8 cm³/mol. The highest BCUT2D eigenvalue weighted by Crippen LogP contribution is 2.19. The van der Waals surface area contributed by atoms with Crippen LogP contribution >= 0.6 is 0 Å². The summed E-state index contributed by atoms with van der Waals surface area (Å²) in [7, 11) is 1.63. The number of para-hydroxylation sites is 1. The van der Waals surface area contributed by atoms with Gasteiger partial charge in [0, 0.05) is 24.9 Å². The number of ether oxygens (including phenoxy) is 1.